The van der Waals surface area contributed by atoms with E-state index in [-0.39, 0.29) is 29.8 Å². The Hall–Kier alpha value is -2.19. The van der Waals surface area contributed by atoms with Gasteiger partial charge in [-0.3, -0.25) is 9.59 Å². The summed E-state index contributed by atoms with van der Waals surface area (Å²) in [5, 5.41) is 2.67. The monoisotopic (exact) mass is 405 g/mol. The van der Waals surface area contributed by atoms with E-state index < -0.39 is 23.2 Å². The summed E-state index contributed by atoms with van der Waals surface area (Å²) in [6.07, 6.45) is 5.71. The van der Waals surface area contributed by atoms with Crippen LogP contribution in [0.25, 0.3) is 0 Å². The number of methoxy groups -OCH3 is 2. The van der Waals surface area contributed by atoms with Crippen molar-refractivity contribution in [1.29, 1.82) is 0 Å². The molecule has 0 aromatic rings. The second-order valence-electron chi connectivity index (χ2n) is 8.08. The lowest BCUT2D eigenvalue weighted by Crippen LogP contribution is -2.57. The minimum absolute atomic E-state index is 0.0819. The van der Waals surface area contributed by atoms with Crippen LogP contribution < -0.4 is 5.32 Å². The molecule has 1 amide bonds. The van der Waals surface area contributed by atoms with Gasteiger partial charge in [-0.25, -0.2) is 4.79 Å². The molecule has 29 heavy (non-hydrogen) atoms. The van der Waals surface area contributed by atoms with Crippen molar-refractivity contribution in [1.82, 2.24) is 5.32 Å². The van der Waals surface area contributed by atoms with Gasteiger partial charge in [-0.2, -0.15) is 0 Å². The highest BCUT2D eigenvalue weighted by Crippen LogP contribution is 2.58. The van der Waals surface area contributed by atoms with Crippen molar-refractivity contribution < 1.29 is 33.3 Å². The van der Waals surface area contributed by atoms with E-state index in [9.17, 15) is 14.4 Å². The Morgan fingerprint density at radius 3 is 2.69 bits per heavy atom. The molecule has 0 unspecified atom stereocenters. The summed E-state index contributed by atoms with van der Waals surface area (Å²) in [6, 6.07) is 0. The van der Waals surface area contributed by atoms with E-state index in [1.54, 1.807) is 0 Å². The van der Waals surface area contributed by atoms with E-state index in [0.717, 1.165) is 12.8 Å². The van der Waals surface area contributed by atoms with Crippen molar-refractivity contribution in [2.24, 2.45) is 17.3 Å². The largest absolute Gasteiger partial charge is 0.493 e. The number of ketones is 2. The van der Waals surface area contributed by atoms with Crippen molar-refractivity contribution in [3.05, 3.63) is 23.5 Å². The number of amides is 1. The van der Waals surface area contributed by atoms with Crippen LogP contribution in [0.15, 0.2) is 23.5 Å². The van der Waals surface area contributed by atoms with E-state index in [0.29, 0.717) is 32.5 Å². The maximum Gasteiger partial charge on any atom is 0.406 e. The molecular weight excluding hydrogens is 378 g/mol. The zero-order chi connectivity index (χ0) is 20.6. The Morgan fingerprint density at radius 1 is 1.24 bits per heavy atom. The number of rotatable bonds is 4. The maximum atomic E-state index is 13.7. The molecular formula is C21H27NO7. The fraction of sp³-hybridized carbons (Fsp3) is 0.667. The molecule has 0 aromatic carbocycles. The van der Waals surface area contributed by atoms with Crippen LogP contribution >= 0.6 is 0 Å². The summed E-state index contributed by atoms with van der Waals surface area (Å²) < 4.78 is 21.8. The molecule has 0 bridgehead atoms. The van der Waals surface area contributed by atoms with E-state index in [1.807, 2.05) is 0 Å². The second kappa shape index (κ2) is 7.57. The summed E-state index contributed by atoms with van der Waals surface area (Å²) in [5.74, 6) is -1.60. The Balaban J connectivity index is 1.73. The predicted molar refractivity (Wildman–Crippen MR) is 101 cm³/mol. The van der Waals surface area contributed by atoms with Gasteiger partial charge in [0.05, 0.1) is 32.8 Å². The first-order chi connectivity index (χ1) is 14.0. The van der Waals surface area contributed by atoms with Crippen LogP contribution in [0.3, 0.4) is 0 Å². The molecule has 1 spiro atoms. The minimum atomic E-state index is -0.995. The fourth-order valence-electron chi connectivity index (χ4n) is 5.56. The highest BCUT2D eigenvalue weighted by molar-refractivity contribution is 6.12. The summed E-state index contributed by atoms with van der Waals surface area (Å²) in [7, 11) is 2.70. The second-order valence-corrected chi connectivity index (χ2v) is 8.08. The van der Waals surface area contributed by atoms with Crippen molar-refractivity contribution >= 4 is 17.7 Å². The molecule has 158 valence electrons. The Kier molecular flexibility index (Phi) is 5.25. The number of allylic oxidation sites excluding steroid dienone is 4. The number of hydrogen-bond donors (Lipinski definition) is 1. The highest BCUT2D eigenvalue weighted by atomic mass is 16.7. The molecule has 1 N–H and O–H groups in total. The van der Waals surface area contributed by atoms with Gasteiger partial charge in [0.1, 0.15) is 0 Å². The molecule has 1 saturated heterocycles. The lowest BCUT2D eigenvalue weighted by molar-refractivity contribution is -0.194. The number of ether oxygens (including phenoxy) is 4. The first-order valence-electron chi connectivity index (χ1n) is 10.1. The average molecular weight is 405 g/mol. The third-order valence-electron chi connectivity index (χ3n) is 6.91. The van der Waals surface area contributed by atoms with Crippen LogP contribution in [0.1, 0.15) is 32.1 Å². The Labute approximate surface area is 169 Å². The van der Waals surface area contributed by atoms with Crippen LogP contribution in [-0.2, 0) is 28.5 Å². The van der Waals surface area contributed by atoms with Gasteiger partial charge >= 0.3 is 6.09 Å². The topological polar surface area (TPSA) is 100 Å². The van der Waals surface area contributed by atoms with E-state index >= 15 is 0 Å². The molecule has 3 aliphatic carbocycles. The highest BCUT2D eigenvalue weighted by Gasteiger charge is 2.61. The van der Waals surface area contributed by atoms with Crippen LogP contribution in [-0.4, -0.2) is 57.4 Å². The lowest BCUT2D eigenvalue weighted by atomic mass is 9.50. The number of Topliss-reactive ketones (excluding diaryl/α,β-unsaturated/α-hetero) is 1. The van der Waals surface area contributed by atoms with Crippen molar-refractivity contribution in [3.8, 4) is 0 Å². The summed E-state index contributed by atoms with van der Waals surface area (Å²) in [6.45, 7) is 1.28. The number of carbonyl (C=O) groups is 3. The normalized spacial score (nSPS) is 32.8. The molecule has 1 saturated carbocycles. The summed E-state index contributed by atoms with van der Waals surface area (Å²) in [5.41, 5.74) is 0.174. The molecule has 2 fully saturated rings. The zero-order valence-electron chi connectivity index (χ0n) is 16.8. The number of fused-ring (bicyclic) bond motifs is 3. The molecule has 4 aliphatic rings. The van der Waals surface area contributed by atoms with Crippen molar-refractivity contribution in [2.75, 3.05) is 34.0 Å². The van der Waals surface area contributed by atoms with Gasteiger partial charge in [0.25, 0.3) is 0 Å². The Bertz CT molecular complexity index is 780. The molecule has 8 nitrogen and oxygen atoms in total. The molecule has 3 atom stereocenters. The number of carbonyl (C=O) groups excluding carboxylic acids is 3. The first kappa shape index (κ1) is 20.1. The number of hydrogen-bond acceptors (Lipinski definition) is 7. The maximum absolute atomic E-state index is 13.7. The van der Waals surface area contributed by atoms with Crippen molar-refractivity contribution in [3.63, 3.8) is 0 Å². The summed E-state index contributed by atoms with van der Waals surface area (Å²) >= 11 is 0. The number of nitrogens with one attached hydrogen (secondary N) is 1. The SMILES string of the molecule is COC(=O)NCC[C@]12C(=O)C(OC)=CC(=O)[C@H]1CC=C1CCC3(C[C@H]12)OCCO3. The van der Waals surface area contributed by atoms with Gasteiger partial charge in [0, 0.05) is 31.4 Å². The van der Waals surface area contributed by atoms with E-state index in [4.69, 9.17) is 14.2 Å². The lowest BCUT2D eigenvalue weighted by Gasteiger charge is -2.53. The van der Waals surface area contributed by atoms with Crippen LogP contribution in [0.2, 0.25) is 0 Å². The average Bonchev–Trinajstić information content (AvgIpc) is 3.18. The van der Waals surface area contributed by atoms with Crippen LogP contribution in [0.5, 0.6) is 0 Å². The standard InChI is InChI=1S/C21H27NO7/c1-26-17-11-16(23)14-4-3-13-5-6-20(28-9-10-29-20)12-15(13)21(14,18(17)24)7-8-22-19(25)27-2/h3,11,14-15H,4-10,12H2,1-2H3,(H,22,25)/t14-,15-,21+/m1/s1. The smallest absolute Gasteiger partial charge is 0.406 e. The zero-order valence-corrected chi connectivity index (χ0v) is 16.8. The quantitative estimate of drug-likeness (QED) is 0.713. The van der Waals surface area contributed by atoms with E-state index in [1.165, 1.54) is 25.9 Å². The number of alkyl carbamates (subject to hydrolysis) is 1. The van der Waals surface area contributed by atoms with Crippen LogP contribution in [0.4, 0.5) is 4.79 Å². The van der Waals surface area contributed by atoms with Gasteiger partial charge in [0.15, 0.2) is 17.3 Å². The molecule has 8 heteroatoms. The molecule has 0 aromatic heterocycles. The van der Waals surface area contributed by atoms with Gasteiger partial charge < -0.3 is 24.3 Å². The molecule has 1 aliphatic heterocycles. The molecule has 0 radical (unpaired) electrons. The van der Waals surface area contributed by atoms with E-state index in [2.05, 4.69) is 16.1 Å². The van der Waals surface area contributed by atoms with Crippen LogP contribution in [0, 0.1) is 17.3 Å². The fourth-order valence-corrected chi connectivity index (χ4v) is 5.56. The molecule has 1 heterocycles. The van der Waals surface area contributed by atoms with Crippen molar-refractivity contribution in [2.45, 2.75) is 37.9 Å². The summed E-state index contributed by atoms with van der Waals surface area (Å²) in [4.78, 5) is 38.2. The third-order valence-corrected chi connectivity index (χ3v) is 6.91. The predicted octanol–water partition coefficient (Wildman–Crippen LogP) is 1.89. The first-order valence-corrected chi connectivity index (χ1v) is 10.1. The Morgan fingerprint density at radius 2 is 2.00 bits per heavy atom. The third kappa shape index (κ3) is 3.18. The van der Waals surface area contributed by atoms with Gasteiger partial charge in [-0.05, 0) is 25.2 Å². The van der Waals surface area contributed by atoms with Gasteiger partial charge in [-0.1, -0.05) is 11.6 Å². The minimum Gasteiger partial charge on any atom is -0.493 e. The molecule has 4 rings (SSSR count). The van der Waals surface area contributed by atoms with Gasteiger partial charge in [-0.15, -0.1) is 0 Å². The van der Waals surface area contributed by atoms with Gasteiger partial charge in [0.2, 0.25) is 5.78 Å².